The summed E-state index contributed by atoms with van der Waals surface area (Å²) >= 11 is 0. The van der Waals surface area contributed by atoms with Crippen molar-refractivity contribution in [3.63, 3.8) is 0 Å². The Morgan fingerprint density at radius 3 is 2.78 bits per heavy atom. The van der Waals surface area contributed by atoms with Crippen LogP contribution in [0.2, 0.25) is 0 Å². The highest BCUT2D eigenvalue weighted by atomic mass is 15.2. The number of rotatable bonds is 2. The molecule has 92 valence electrons. The van der Waals surface area contributed by atoms with Crippen LogP contribution >= 0.6 is 0 Å². The zero-order chi connectivity index (χ0) is 12.4. The molecular weight excluding hydrogens is 222 g/mol. The Morgan fingerprint density at radius 2 is 2.00 bits per heavy atom. The second-order valence-electron chi connectivity index (χ2n) is 4.58. The van der Waals surface area contributed by atoms with E-state index in [1.807, 2.05) is 18.3 Å². The van der Waals surface area contributed by atoms with Gasteiger partial charge in [0.05, 0.1) is 6.04 Å². The summed E-state index contributed by atoms with van der Waals surface area (Å²) in [5.41, 5.74) is 8.74. The molecule has 0 aliphatic carbocycles. The van der Waals surface area contributed by atoms with Gasteiger partial charge in [-0.1, -0.05) is 30.3 Å². The highest BCUT2D eigenvalue weighted by Gasteiger charge is 2.26. The van der Waals surface area contributed by atoms with E-state index < -0.39 is 0 Å². The van der Waals surface area contributed by atoms with E-state index in [2.05, 4.69) is 40.2 Å². The van der Waals surface area contributed by atoms with Crippen molar-refractivity contribution >= 4 is 5.82 Å². The minimum Gasteiger partial charge on any atom is -0.348 e. The first-order chi connectivity index (χ1) is 8.90. The van der Waals surface area contributed by atoms with E-state index in [0.29, 0.717) is 6.54 Å². The fourth-order valence-electron chi connectivity index (χ4n) is 2.70. The van der Waals surface area contributed by atoms with Gasteiger partial charge in [-0.05, 0) is 29.7 Å². The molecule has 1 aromatic heterocycles. The number of anilines is 1. The van der Waals surface area contributed by atoms with Crippen LogP contribution in [0.15, 0.2) is 48.7 Å². The molecule has 0 fully saturated rings. The first-order valence-electron chi connectivity index (χ1n) is 6.35. The highest BCUT2D eigenvalue weighted by Crippen LogP contribution is 2.31. The van der Waals surface area contributed by atoms with Crippen molar-refractivity contribution in [3.8, 4) is 0 Å². The molecule has 18 heavy (non-hydrogen) atoms. The van der Waals surface area contributed by atoms with Gasteiger partial charge in [0.25, 0.3) is 0 Å². The van der Waals surface area contributed by atoms with Gasteiger partial charge in [-0.25, -0.2) is 4.98 Å². The molecule has 2 N–H and O–H groups in total. The molecular formula is C15H17N3. The zero-order valence-electron chi connectivity index (χ0n) is 10.3. The van der Waals surface area contributed by atoms with Crippen LogP contribution in [0, 0.1) is 0 Å². The van der Waals surface area contributed by atoms with E-state index in [1.165, 1.54) is 11.1 Å². The lowest BCUT2D eigenvalue weighted by molar-refractivity contribution is 0.584. The molecule has 1 aromatic carbocycles. The van der Waals surface area contributed by atoms with Crippen molar-refractivity contribution in [2.45, 2.75) is 12.5 Å². The Hall–Kier alpha value is -1.87. The summed E-state index contributed by atoms with van der Waals surface area (Å²) in [7, 11) is 0. The van der Waals surface area contributed by atoms with Gasteiger partial charge >= 0.3 is 0 Å². The summed E-state index contributed by atoms with van der Waals surface area (Å²) in [5, 5.41) is 0. The Labute approximate surface area is 107 Å². The van der Waals surface area contributed by atoms with E-state index in [9.17, 15) is 0 Å². The lowest BCUT2D eigenvalue weighted by Gasteiger charge is -2.37. The molecule has 0 amide bonds. The average Bonchev–Trinajstić information content (AvgIpc) is 2.47. The normalized spacial score (nSPS) is 18.5. The summed E-state index contributed by atoms with van der Waals surface area (Å²) in [6.07, 6.45) is 2.90. The van der Waals surface area contributed by atoms with Crippen LogP contribution in [0.4, 0.5) is 5.82 Å². The van der Waals surface area contributed by atoms with E-state index in [4.69, 9.17) is 5.73 Å². The van der Waals surface area contributed by atoms with E-state index in [0.717, 1.165) is 18.8 Å². The molecule has 1 aliphatic rings. The molecule has 0 spiro atoms. The zero-order valence-corrected chi connectivity index (χ0v) is 10.3. The molecule has 2 aromatic rings. The third-order valence-corrected chi connectivity index (χ3v) is 3.58. The topological polar surface area (TPSA) is 42.1 Å². The summed E-state index contributed by atoms with van der Waals surface area (Å²) in [6, 6.07) is 14.8. The molecule has 0 saturated carbocycles. The SMILES string of the molecule is NCC1c2ccccc2CCN1c1ccccn1. The highest BCUT2D eigenvalue weighted by molar-refractivity contribution is 5.47. The van der Waals surface area contributed by atoms with Crippen molar-refractivity contribution in [2.24, 2.45) is 5.73 Å². The maximum atomic E-state index is 5.98. The summed E-state index contributed by atoms with van der Waals surface area (Å²) in [5.74, 6) is 1.02. The van der Waals surface area contributed by atoms with E-state index in [-0.39, 0.29) is 6.04 Å². The second kappa shape index (κ2) is 4.78. The van der Waals surface area contributed by atoms with Gasteiger partial charge in [0.1, 0.15) is 5.82 Å². The van der Waals surface area contributed by atoms with Crippen molar-refractivity contribution in [1.29, 1.82) is 0 Å². The first-order valence-corrected chi connectivity index (χ1v) is 6.35. The third-order valence-electron chi connectivity index (χ3n) is 3.58. The summed E-state index contributed by atoms with van der Waals surface area (Å²) < 4.78 is 0. The minimum absolute atomic E-state index is 0.241. The van der Waals surface area contributed by atoms with E-state index in [1.54, 1.807) is 0 Å². The number of aromatic nitrogens is 1. The van der Waals surface area contributed by atoms with Crippen molar-refractivity contribution in [3.05, 3.63) is 59.8 Å². The fourth-order valence-corrected chi connectivity index (χ4v) is 2.70. The van der Waals surface area contributed by atoms with Crippen molar-refractivity contribution in [1.82, 2.24) is 4.98 Å². The molecule has 0 radical (unpaired) electrons. The predicted molar refractivity (Wildman–Crippen MR) is 73.5 cm³/mol. The number of benzene rings is 1. The smallest absolute Gasteiger partial charge is 0.129 e. The molecule has 0 saturated heterocycles. The lowest BCUT2D eigenvalue weighted by atomic mass is 9.92. The Bertz CT molecular complexity index is 524. The lowest BCUT2D eigenvalue weighted by Crippen LogP contribution is -2.39. The summed E-state index contributed by atoms with van der Waals surface area (Å²) in [6.45, 7) is 1.60. The van der Waals surface area contributed by atoms with Crippen LogP contribution < -0.4 is 10.6 Å². The van der Waals surface area contributed by atoms with Gasteiger partial charge in [-0.3, -0.25) is 0 Å². The maximum absolute atomic E-state index is 5.98. The first kappa shape index (κ1) is 11.2. The van der Waals surface area contributed by atoms with Crippen molar-refractivity contribution in [2.75, 3.05) is 18.0 Å². The molecule has 3 rings (SSSR count). The number of hydrogen-bond donors (Lipinski definition) is 1. The molecule has 1 unspecified atom stereocenters. The molecule has 0 bridgehead atoms. The Balaban J connectivity index is 2.00. The molecule has 3 heteroatoms. The predicted octanol–water partition coefficient (Wildman–Crippen LogP) is 2.14. The number of hydrogen-bond acceptors (Lipinski definition) is 3. The quantitative estimate of drug-likeness (QED) is 0.873. The van der Waals surface area contributed by atoms with Gasteiger partial charge in [0.15, 0.2) is 0 Å². The van der Waals surface area contributed by atoms with Crippen LogP contribution in [0.25, 0.3) is 0 Å². The molecule has 3 nitrogen and oxygen atoms in total. The minimum atomic E-state index is 0.241. The van der Waals surface area contributed by atoms with Gasteiger partial charge in [-0.2, -0.15) is 0 Å². The number of pyridine rings is 1. The van der Waals surface area contributed by atoms with Crippen LogP contribution in [0.5, 0.6) is 0 Å². The Kier molecular flexibility index (Phi) is 2.99. The molecule has 1 atom stereocenters. The second-order valence-corrected chi connectivity index (χ2v) is 4.58. The van der Waals surface area contributed by atoms with Gasteiger partial charge in [-0.15, -0.1) is 0 Å². The number of nitrogens with zero attached hydrogens (tertiary/aromatic N) is 2. The molecule has 2 heterocycles. The van der Waals surface area contributed by atoms with Crippen LogP contribution in [-0.2, 0) is 6.42 Å². The van der Waals surface area contributed by atoms with Gasteiger partial charge in [0, 0.05) is 19.3 Å². The van der Waals surface area contributed by atoms with Crippen LogP contribution in [0.3, 0.4) is 0 Å². The molecule has 1 aliphatic heterocycles. The maximum Gasteiger partial charge on any atom is 0.129 e. The fraction of sp³-hybridized carbons (Fsp3) is 0.267. The van der Waals surface area contributed by atoms with Crippen LogP contribution in [0.1, 0.15) is 17.2 Å². The summed E-state index contributed by atoms with van der Waals surface area (Å²) in [4.78, 5) is 6.75. The Morgan fingerprint density at radius 1 is 1.17 bits per heavy atom. The largest absolute Gasteiger partial charge is 0.348 e. The van der Waals surface area contributed by atoms with Gasteiger partial charge in [0.2, 0.25) is 0 Å². The van der Waals surface area contributed by atoms with E-state index >= 15 is 0 Å². The average molecular weight is 239 g/mol. The number of fused-ring (bicyclic) bond motifs is 1. The van der Waals surface area contributed by atoms with Gasteiger partial charge < -0.3 is 10.6 Å². The monoisotopic (exact) mass is 239 g/mol. The standard InChI is InChI=1S/C15H17N3/c16-11-14-13-6-2-1-5-12(13)8-10-18(14)15-7-3-4-9-17-15/h1-7,9,14H,8,10-11,16H2. The van der Waals surface area contributed by atoms with Crippen LogP contribution in [-0.4, -0.2) is 18.1 Å². The third kappa shape index (κ3) is 1.87. The number of nitrogens with two attached hydrogens (primary N) is 1. The van der Waals surface area contributed by atoms with Crippen molar-refractivity contribution < 1.29 is 0 Å².